The summed E-state index contributed by atoms with van der Waals surface area (Å²) in [5, 5.41) is 1.23. The van der Waals surface area contributed by atoms with E-state index >= 15 is 4.39 Å². The number of ketones is 1. The first-order valence-corrected chi connectivity index (χ1v) is 11.1. The van der Waals surface area contributed by atoms with Crippen molar-refractivity contribution in [3.63, 3.8) is 0 Å². The summed E-state index contributed by atoms with van der Waals surface area (Å²) < 4.78 is 29.4. The second-order valence-electron chi connectivity index (χ2n) is 9.19. The maximum Gasteiger partial charge on any atom is 0.140 e. The lowest BCUT2D eigenvalue weighted by Crippen LogP contribution is -2.25. The van der Waals surface area contributed by atoms with Crippen LogP contribution in [0.4, 0.5) is 8.78 Å². The molecule has 2 fully saturated rings. The zero-order valence-corrected chi connectivity index (χ0v) is 17.8. The molecule has 0 bridgehead atoms. The molecule has 5 rings (SSSR count). The first-order valence-electron chi connectivity index (χ1n) is 10.7. The molecule has 2 unspecified atom stereocenters. The monoisotopic (exact) mass is 440 g/mol. The third-order valence-electron chi connectivity index (χ3n) is 6.98. The highest BCUT2D eigenvalue weighted by Gasteiger charge is 2.50. The quantitative estimate of drug-likeness (QED) is 0.441. The fourth-order valence-corrected chi connectivity index (χ4v) is 5.90. The maximum atomic E-state index is 15.6. The summed E-state index contributed by atoms with van der Waals surface area (Å²) in [5.41, 5.74) is 1.23. The summed E-state index contributed by atoms with van der Waals surface area (Å²) in [6, 6.07) is 10.1. The normalized spacial score (nSPS) is 27.5. The van der Waals surface area contributed by atoms with Crippen molar-refractivity contribution in [1.82, 2.24) is 9.97 Å². The van der Waals surface area contributed by atoms with Gasteiger partial charge in [0.15, 0.2) is 0 Å². The fourth-order valence-electron chi connectivity index (χ4n) is 5.78. The Morgan fingerprint density at radius 2 is 1.87 bits per heavy atom. The molecule has 0 spiro atoms. The molecule has 0 N–H and O–H groups in total. The van der Waals surface area contributed by atoms with E-state index in [1.165, 1.54) is 6.07 Å². The van der Waals surface area contributed by atoms with Gasteiger partial charge < -0.3 is 0 Å². The molecule has 1 aromatic carbocycles. The summed E-state index contributed by atoms with van der Waals surface area (Å²) in [6.45, 7) is 0. The Labute approximate surface area is 184 Å². The number of Topliss-reactive ketones (excluding diaryl/α,β-unsaturated/α-hetero) is 1. The van der Waals surface area contributed by atoms with Crippen molar-refractivity contribution >= 4 is 28.3 Å². The van der Waals surface area contributed by atoms with Gasteiger partial charge in [0, 0.05) is 30.6 Å². The third kappa shape index (κ3) is 4.20. The number of nitrogens with zero attached hydrogens (tertiary/aromatic N) is 2. The number of hydrogen-bond donors (Lipinski definition) is 0. The van der Waals surface area contributed by atoms with Gasteiger partial charge in [-0.3, -0.25) is 9.78 Å². The third-order valence-corrected chi connectivity index (χ3v) is 7.20. The molecule has 3 nitrogen and oxygen atoms in total. The highest BCUT2D eigenvalue weighted by atomic mass is 35.5. The van der Waals surface area contributed by atoms with Crippen LogP contribution < -0.4 is 0 Å². The average molecular weight is 441 g/mol. The van der Waals surface area contributed by atoms with Gasteiger partial charge in [-0.25, -0.2) is 13.8 Å². The molecule has 0 aliphatic heterocycles. The van der Waals surface area contributed by atoms with Crippen molar-refractivity contribution in [1.29, 1.82) is 0 Å². The van der Waals surface area contributed by atoms with Gasteiger partial charge in [0.2, 0.25) is 0 Å². The molecule has 2 aliphatic rings. The van der Waals surface area contributed by atoms with E-state index in [1.807, 2.05) is 6.07 Å². The van der Waals surface area contributed by atoms with E-state index in [1.54, 1.807) is 36.7 Å². The SMILES string of the molecule is O=C(Cc1ccc(Cl)nc1)CC1(F)C[C@H]2CC(c3ccnc4ccc(F)cc34)C[C@H]2C1. The Kier molecular flexibility index (Phi) is 5.25. The fraction of sp³-hybridized carbons (Fsp3) is 0.400. The molecular formula is C25H23ClF2N2O. The molecule has 2 aromatic heterocycles. The van der Waals surface area contributed by atoms with Crippen LogP contribution in [0.5, 0.6) is 0 Å². The van der Waals surface area contributed by atoms with E-state index in [0.29, 0.717) is 18.0 Å². The predicted molar refractivity (Wildman–Crippen MR) is 116 cm³/mol. The number of hydrogen-bond acceptors (Lipinski definition) is 3. The lowest BCUT2D eigenvalue weighted by molar-refractivity contribution is -0.121. The maximum absolute atomic E-state index is 15.6. The number of halogens is 3. The zero-order valence-electron chi connectivity index (χ0n) is 17.0. The van der Waals surface area contributed by atoms with E-state index in [-0.39, 0.29) is 42.2 Å². The van der Waals surface area contributed by atoms with Gasteiger partial charge >= 0.3 is 0 Å². The molecule has 2 aliphatic carbocycles. The highest BCUT2D eigenvalue weighted by molar-refractivity contribution is 6.29. The van der Waals surface area contributed by atoms with Crippen LogP contribution in [-0.4, -0.2) is 21.4 Å². The van der Waals surface area contributed by atoms with E-state index < -0.39 is 5.67 Å². The van der Waals surface area contributed by atoms with Gasteiger partial charge in [-0.05, 0) is 84.9 Å². The van der Waals surface area contributed by atoms with Crippen molar-refractivity contribution in [3.8, 4) is 0 Å². The Bertz CT molecular complexity index is 1120. The molecule has 2 saturated carbocycles. The molecule has 31 heavy (non-hydrogen) atoms. The Hall–Kier alpha value is -2.40. The van der Waals surface area contributed by atoms with E-state index in [4.69, 9.17) is 11.6 Å². The first kappa shape index (κ1) is 20.5. The van der Waals surface area contributed by atoms with Crippen LogP contribution >= 0.6 is 11.6 Å². The number of rotatable bonds is 5. The molecule has 2 heterocycles. The Morgan fingerprint density at radius 3 is 2.58 bits per heavy atom. The van der Waals surface area contributed by atoms with Crippen LogP contribution in [0.15, 0.2) is 48.8 Å². The van der Waals surface area contributed by atoms with Gasteiger partial charge in [0.05, 0.1) is 5.52 Å². The summed E-state index contributed by atoms with van der Waals surface area (Å²) in [4.78, 5) is 20.8. The number of aromatic nitrogens is 2. The minimum Gasteiger partial charge on any atom is -0.299 e. The number of benzene rings is 1. The van der Waals surface area contributed by atoms with Gasteiger partial charge in [-0.2, -0.15) is 0 Å². The van der Waals surface area contributed by atoms with Gasteiger partial charge in [-0.1, -0.05) is 17.7 Å². The van der Waals surface area contributed by atoms with Crippen molar-refractivity contribution in [2.45, 2.75) is 50.1 Å². The Balaban J connectivity index is 1.25. The van der Waals surface area contributed by atoms with Crippen LogP contribution in [-0.2, 0) is 11.2 Å². The summed E-state index contributed by atoms with van der Waals surface area (Å²) in [6.07, 6.45) is 6.09. The summed E-state index contributed by atoms with van der Waals surface area (Å²) in [5.74, 6) is 0.437. The predicted octanol–water partition coefficient (Wildman–Crippen LogP) is 6.24. The zero-order chi connectivity index (χ0) is 21.6. The van der Waals surface area contributed by atoms with E-state index in [2.05, 4.69) is 9.97 Å². The lowest BCUT2D eigenvalue weighted by atomic mass is 9.87. The smallest absolute Gasteiger partial charge is 0.140 e. The van der Waals surface area contributed by atoms with E-state index in [9.17, 15) is 9.18 Å². The van der Waals surface area contributed by atoms with Gasteiger partial charge in [0.25, 0.3) is 0 Å². The van der Waals surface area contributed by atoms with Gasteiger partial charge in [-0.15, -0.1) is 0 Å². The molecule has 0 radical (unpaired) electrons. The highest BCUT2D eigenvalue weighted by Crippen LogP contribution is 2.56. The largest absolute Gasteiger partial charge is 0.299 e. The second kappa shape index (κ2) is 7.94. The number of pyridine rings is 2. The van der Waals surface area contributed by atoms with Crippen molar-refractivity contribution < 1.29 is 13.6 Å². The average Bonchev–Trinajstić information content (AvgIpc) is 3.23. The van der Waals surface area contributed by atoms with Crippen molar-refractivity contribution in [2.75, 3.05) is 0 Å². The summed E-state index contributed by atoms with van der Waals surface area (Å²) in [7, 11) is 0. The first-order chi connectivity index (χ1) is 14.9. The summed E-state index contributed by atoms with van der Waals surface area (Å²) >= 11 is 5.78. The minimum absolute atomic E-state index is 0.0449. The molecule has 0 amide bonds. The van der Waals surface area contributed by atoms with Crippen LogP contribution in [0.25, 0.3) is 10.9 Å². The standard InChI is InChI=1S/C25H23ClF2N2O/c26-24-4-1-15(14-30-24)7-20(31)13-25(28)11-17-8-16(9-18(17)12-25)21-5-6-29-23-3-2-19(27)10-22(21)23/h1-6,10,14,16-18H,7-9,11-13H2/t16?,17-,18+,25?. The molecule has 0 saturated heterocycles. The molecule has 6 heteroatoms. The number of carbonyl (C=O) groups is 1. The van der Waals surface area contributed by atoms with Crippen LogP contribution in [0, 0.1) is 17.7 Å². The van der Waals surface area contributed by atoms with Crippen molar-refractivity contribution in [2.24, 2.45) is 11.8 Å². The number of fused-ring (bicyclic) bond motifs is 2. The van der Waals surface area contributed by atoms with Crippen molar-refractivity contribution in [3.05, 3.63) is 70.9 Å². The van der Waals surface area contributed by atoms with Crippen LogP contribution in [0.1, 0.15) is 49.1 Å². The van der Waals surface area contributed by atoms with Crippen LogP contribution in [0.3, 0.4) is 0 Å². The van der Waals surface area contributed by atoms with Crippen LogP contribution in [0.2, 0.25) is 5.15 Å². The molecule has 4 atom stereocenters. The van der Waals surface area contributed by atoms with E-state index in [0.717, 1.165) is 34.9 Å². The lowest BCUT2D eigenvalue weighted by Gasteiger charge is -2.22. The number of carbonyl (C=O) groups excluding carboxylic acids is 1. The number of alkyl halides is 1. The molecule has 3 aromatic rings. The minimum atomic E-state index is -1.43. The Morgan fingerprint density at radius 1 is 1.10 bits per heavy atom. The second-order valence-corrected chi connectivity index (χ2v) is 9.58. The molecular weight excluding hydrogens is 418 g/mol. The van der Waals surface area contributed by atoms with Gasteiger partial charge in [0.1, 0.15) is 22.4 Å². The topological polar surface area (TPSA) is 42.9 Å². The molecule has 160 valence electrons.